The molecule has 0 spiro atoms. The summed E-state index contributed by atoms with van der Waals surface area (Å²) in [5.74, 6) is 2.88. The van der Waals surface area contributed by atoms with E-state index in [4.69, 9.17) is 14.5 Å². The summed E-state index contributed by atoms with van der Waals surface area (Å²) in [7, 11) is 1.69. The third-order valence-electron chi connectivity index (χ3n) is 5.53. The lowest BCUT2D eigenvalue weighted by Crippen LogP contribution is -2.08. The number of ether oxygens (including phenoxy) is 2. The molecule has 4 heteroatoms. The third kappa shape index (κ3) is 4.48. The van der Waals surface area contributed by atoms with Crippen LogP contribution in [0.25, 0.3) is 11.0 Å². The molecule has 4 nitrogen and oxygen atoms in total. The van der Waals surface area contributed by atoms with Crippen LogP contribution in [0.5, 0.6) is 11.5 Å². The fraction of sp³-hybridized carbons (Fsp3) is 0.269. The van der Waals surface area contributed by atoms with E-state index in [0.717, 1.165) is 42.2 Å². The Bertz CT molecular complexity index is 1130. The van der Waals surface area contributed by atoms with E-state index in [0.29, 0.717) is 6.61 Å². The molecule has 0 bridgehead atoms. The van der Waals surface area contributed by atoms with Crippen molar-refractivity contribution in [1.82, 2.24) is 9.55 Å². The molecule has 0 aliphatic carbocycles. The van der Waals surface area contributed by atoms with Gasteiger partial charge >= 0.3 is 0 Å². The quantitative estimate of drug-likeness (QED) is 0.355. The highest BCUT2D eigenvalue weighted by Crippen LogP contribution is 2.21. The number of hydrogen-bond donors (Lipinski definition) is 0. The van der Waals surface area contributed by atoms with Gasteiger partial charge in [-0.15, -0.1) is 0 Å². The maximum Gasteiger partial charge on any atom is 0.119 e. The van der Waals surface area contributed by atoms with Gasteiger partial charge in [0.15, 0.2) is 0 Å². The summed E-state index contributed by atoms with van der Waals surface area (Å²) in [4.78, 5) is 4.90. The minimum absolute atomic E-state index is 0.678. The van der Waals surface area contributed by atoms with Gasteiger partial charge in [-0.25, -0.2) is 4.98 Å². The SMILES string of the molecule is COc1ccc(Cc2nc3ccccc3n2CCCOc2ccc(C)c(C)c2)cc1. The van der Waals surface area contributed by atoms with Crippen LogP contribution in [-0.2, 0) is 13.0 Å². The van der Waals surface area contributed by atoms with Crippen LogP contribution < -0.4 is 9.47 Å². The third-order valence-corrected chi connectivity index (χ3v) is 5.53. The summed E-state index contributed by atoms with van der Waals surface area (Å²) in [6.07, 6.45) is 1.71. The molecule has 154 valence electrons. The molecule has 0 radical (unpaired) electrons. The minimum Gasteiger partial charge on any atom is -0.497 e. The molecule has 0 aliphatic rings. The number of aryl methyl sites for hydroxylation is 3. The second kappa shape index (κ2) is 9.04. The van der Waals surface area contributed by atoms with E-state index in [1.165, 1.54) is 22.2 Å². The number of para-hydroxylation sites is 2. The Labute approximate surface area is 178 Å². The van der Waals surface area contributed by atoms with Crippen molar-refractivity contribution in [2.45, 2.75) is 33.2 Å². The molecular formula is C26H28N2O2. The van der Waals surface area contributed by atoms with Crippen LogP contribution in [-0.4, -0.2) is 23.3 Å². The van der Waals surface area contributed by atoms with Crippen molar-refractivity contribution >= 4 is 11.0 Å². The van der Waals surface area contributed by atoms with Crippen molar-refractivity contribution in [3.05, 3.63) is 89.2 Å². The van der Waals surface area contributed by atoms with E-state index in [-0.39, 0.29) is 0 Å². The van der Waals surface area contributed by atoms with Gasteiger partial charge in [-0.1, -0.05) is 30.3 Å². The molecular weight excluding hydrogens is 372 g/mol. The first-order chi connectivity index (χ1) is 14.6. The number of nitrogens with zero attached hydrogens (tertiary/aromatic N) is 2. The first-order valence-corrected chi connectivity index (χ1v) is 10.4. The van der Waals surface area contributed by atoms with Crippen LogP contribution >= 0.6 is 0 Å². The highest BCUT2D eigenvalue weighted by Gasteiger charge is 2.11. The van der Waals surface area contributed by atoms with Gasteiger partial charge in [0.2, 0.25) is 0 Å². The zero-order valence-corrected chi connectivity index (χ0v) is 17.9. The van der Waals surface area contributed by atoms with Crippen LogP contribution in [0.1, 0.15) is 28.9 Å². The second-order valence-electron chi connectivity index (χ2n) is 7.64. The largest absolute Gasteiger partial charge is 0.497 e. The Morgan fingerprint density at radius 2 is 1.63 bits per heavy atom. The zero-order valence-electron chi connectivity index (χ0n) is 17.9. The topological polar surface area (TPSA) is 36.3 Å². The van der Waals surface area contributed by atoms with Gasteiger partial charge < -0.3 is 14.0 Å². The zero-order chi connectivity index (χ0) is 20.9. The molecule has 0 saturated carbocycles. The molecule has 4 aromatic rings. The number of fused-ring (bicyclic) bond motifs is 1. The number of aromatic nitrogens is 2. The van der Waals surface area contributed by atoms with Crippen molar-refractivity contribution in [2.75, 3.05) is 13.7 Å². The maximum atomic E-state index is 5.99. The van der Waals surface area contributed by atoms with E-state index in [1.54, 1.807) is 7.11 Å². The van der Waals surface area contributed by atoms with E-state index < -0.39 is 0 Å². The number of imidazole rings is 1. The van der Waals surface area contributed by atoms with Crippen molar-refractivity contribution in [3.63, 3.8) is 0 Å². The summed E-state index contributed by atoms with van der Waals surface area (Å²) >= 11 is 0. The van der Waals surface area contributed by atoms with E-state index >= 15 is 0 Å². The monoisotopic (exact) mass is 400 g/mol. The Morgan fingerprint density at radius 3 is 2.40 bits per heavy atom. The molecule has 0 aliphatic heterocycles. The summed E-state index contributed by atoms with van der Waals surface area (Å²) in [6.45, 7) is 5.78. The number of rotatable bonds is 8. The summed E-state index contributed by atoms with van der Waals surface area (Å²) in [5.41, 5.74) is 5.98. The molecule has 0 amide bonds. The smallest absolute Gasteiger partial charge is 0.119 e. The molecule has 4 rings (SSSR count). The van der Waals surface area contributed by atoms with Gasteiger partial charge in [0.05, 0.1) is 24.8 Å². The van der Waals surface area contributed by atoms with Gasteiger partial charge in [0.1, 0.15) is 17.3 Å². The van der Waals surface area contributed by atoms with Crippen LogP contribution in [0.4, 0.5) is 0 Å². The lowest BCUT2D eigenvalue weighted by molar-refractivity contribution is 0.301. The molecule has 0 unspecified atom stereocenters. The highest BCUT2D eigenvalue weighted by molar-refractivity contribution is 5.76. The van der Waals surface area contributed by atoms with E-state index in [1.807, 2.05) is 24.3 Å². The molecule has 1 aromatic heterocycles. The van der Waals surface area contributed by atoms with Crippen molar-refractivity contribution in [3.8, 4) is 11.5 Å². The average Bonchev–Trinajstić information content (AvgIpc) is 3.11. The molecule has 30 heavy (non-hydrogen) atoms. The van der Waals surface area contributed by atoms with Crippen LogP contribution in [0, 0.1) is 13.8 Å². The summed E-state index contributed by atoms with van der Waals surface area (Å²) in [6, 6.07) is 22.8. The standard InChI is InChI=1S/C26H28N2O2/c1-19-9-12-23(17-20(19)2)30-16-6-15-28-25-8-5-4-7-24(25)27-26(28)18-21-10-13-22(29-3)14-11-21/h4-5,7-14,17H,6,15-16,18H2,1-3H3. The van der Waals surface area contributed by atoms with Gasteiger partial charge in [-0.3, -0.25) is 0 Å². The summed E-state index contributed by atoms with van der Waals surface area (Å²) in [5, 5.41) is 0. The van der Waals surface area contributed by atoms with Crippen molar-refractivity contribution in [1.29, 1.82) is 0 Å². The van der Waals surface area contributed by atoms with E-state index in [2.05, 4.69) is 60.9 Å². The Morgan fingerprint density at radius 1 is 0.867 bits per heavy atom. The van der Waals surface area contributed by atoms with Gasteiger partial charge in [0.25, 0.3) is 0 Å². The predicted octanol–water partition coefficient (Wildman–Crippen LogP) is 5.72. The number of benzene rings is 3. The van der Waals surface area contributed by atoms with Gasteiger partial charge in [-0.05, 0) is 73.4 Å². The fourth-order valence-corrected chi connectivity index (χ4v) is 3.65. The minimum atomic E-state index is 0.678. The van der Waals surface area contributed by atoms with Crippen molar-refractivity contribution < 1.29 is 9.47 Å². The van der Waals surface area contributed by atoms with Crippen molar-refractivity contribution in [2.24, 2.45) is 0 Å². The first-order valence-electron chi connectivity index (χ1n) is 10.4. The Balaban J connectivity index is 1.47. The Hall–Kier alpha value is -3.27. The van der Waals surface area contributed by atoms with Gasteiger partial charge in [0, 0.05) is 13.0 Å². The average molecular weight is 401 g/mol. The predicted molar refractivity (Wildman–Crippen MR) is 122 cm³/mol. The lowest BCUT2D eigenvalue weighted by Gasteiger charge is -2.11. The first kappa shape index (κ1) is 20.0. The number of hydrogen-bond acceptors (Lipinski definition) is 3. The second-order valence-corrected chi connectivity index (χ2v) is 7.64. The Kier molecular flexibility index (Phi) is 6.03. The van der Waals surface area contributed by atoms with Gasteiger partial charge in [-0.2, -0.15) is 0 Å². The molecule has 3 aromatic carbocycles. The molecule has 0 atom stereocenters. The molecule has 0 fully saturated rings. The van der Waals surface area contributed by atoms with E-state index in [9.17, 15) is 0 Å². The molecule has 1 heterocycles. The normalized spacial score (nSPS) is 11.0. The van der Waals surface area contributed by atoms with Crippen LogP contribution in [0.2, 0.25) is 0 Å². The maximum absolute atomic E-state index is 5.99. The van der Waals surface area contributed by atoms with Crippen LogP contribution in [0.15, 0.2) is 66.7 Å². The molecule has 0 saturated heterocycles. The highest BCUT2D eigenvalue weighted by atomic mass is 16.5. The lowest BCUT2D eigenvalue weighted by atomic mass is 10.1. The number of methoxy groups -OCH3 is 1. The van der Waals surface area contributed by atoms with Crippen LogP contribution in [0.3, 0.4) is 0 Å². The molecule has 0 N–H and O–H groups in total. The summed E-state index contributed by atoms with van der Waals surface area (Å²) < 4.78 is 13.6. The fourth-order valence-electron chi connectivity index (χ4n) is 3.65.